The Balaban J connectivity index is 3.02. The van der Waals surface area contributed by atoms with Crippen molar-refractivity contribution >= 4 is 24.4 Å². The van der Waals surface area contributed by atoms with Crippen molar-refractivity contribution in [3.63, 3.8) is 0 Å². The normalized spacial score (nSPS) is 14.0. The van der Waals surface area contributed by atoms with E-state index in [2.05, 4.69) is 0 Å². The van der Waals surface area contributed by atoms with Gasteiger partial charge >= 0.3 is 24.4 Å². The summed E-state index contributed by atoms with van der Waals surface area (Å²) in [7, 11) is 0. The summed E-state index contributed by atoms with van der Waals surface area (Å²) in [6, 6.07) is 3.22. The quantitative estimate of drug-likeness (QED) is 0.136. The molecule has 0 heterocycles. The summed E-state index contributed by atoms with van der Waals surface area (Å²) < 4.78 is 37.3. The minimum Gasteiger partial charge on any atom is -0.458 e. The van der Waals surface area contributed by atoms with Crippen LogP contribution in [0.1, 0.15) is 101 Å². The monoisotopic (exact) mass is 611 g/mol. The van der Waals surface area contributed by atoms with Crippen molar-refractivity contribution in [1.29, 1.82) is 0 Å². The highest BCUT2D eigenvalue weighted by atomic mass is 16.8. The van der Waals surface area contributed by atoms with Gasteiger partial charge in [-0.25, -0.2) is 14.4 Å². The minimum atomic E-state index is -1.12. The van der Waals surface area contributed by atoms with Gasteiger partial charge in [-0.1, -0.05) is 26.8 Å². The summed E-state index contributed by atoms with van der Waals surface area (Å²) in [5, 5.41) is 0. The zero-order valence-corrected chi connectivity index (χ0v) is 27.4. The molecule has 1 aromatic rings. The van der Waals surface area contributed by atoms with Crippen LogP contribution in [0.3, 0.4) is 0 Å². The molecule has 1 aromatic carbocycles. The van der Waals surface area contributed by atoms with E-state index in [9.17, 15) is 19.2 Å². The standard InChI is InChI=1S/C31H49NO11/c1-12-29(6,7)41-26(34)38-20(5)19(4)37-25(33)22(32)17-21-15-16-23(39-27(35)42-30(8,9)13-2)24(18-21)40-28(36)43-31(10,11)14-3/h15-16,18-20,22H,12-14,17,32H2,1-11H3/t19-,20-,22-/m0/s1. The highest BCUT2D eigenvalue weighted by molar-refractivity contribution is 5.76. The fourth-order valence-corrected chi connectivity index (χ4v) is 2.93. The van der Waals surface area contributed by atoms with E-state index in [1.165, 1.54) is 12.1 Å². The number of benzene rings is 1. The van der Waals surface area contributed by atoms with Crippen LogP contribution in [0.2, 0.25) is 0 Å². The molecule has 244 valence electrons. The molecule has 2 N–H and O–H groups in total. The first-order valence-electron chi connectivity index (χ1n) is 14.5. The van der Waals surface area contributed by atoms with Crippen molar-refractivity contribution in [3.8, 4) is 11.5 Å². The number of carbonyl (C=O) groups is 4. The Hall–Kier alpha value is -3.54. The second-order valence-corrected chi connectivity index (χ2v) is 12.2. The predicted molar refractivity (Wildman–Crippen MR) is 158 cm³/mol. The van der Waals surface area contributed by atoms with Crippen molar-refractivity contribution < 1.29 is 52.3 Å². The summed E-state index contributed by atoms with van der Waals surface area (Å²) in [6.45, 7) is 19.1. The van der Waals surface area contributed by atoms with E-state index in [0.29, 0.717) is 24.8 Å². The lowest BCUT2D eigenvalue weighted by Gasteiger charge is -2.26. The summed E-state index contributed by atoms with van der Waals surface area (Å²) in [6.07, 6.45) is -2.85. The Morgan fingerprint density at radius 3 is 1.56 bits per heavy atom. The highest BCUT2D eigenvalue weighted by Crippen LogP contribution is 2.31. The molecule has 0 unspecified atom stereocenters. The Morgan fingerprint density at radius 1 is 0.674 bits per heavy atom. The minimum absolute atomic E-state index is 0.0209. The van der Waals surface area contributed by atoms with E-state index in [1.807, 2.05) is 20.8 Å². The van der Waals surface area contributed by atoms with Crippen LogP contribution in [0.25, 0.3) is 0 Å². The van der Waals surface area contributed by atoms with Crippen LogP contribution in [0.4, 0.5) is 14.4 Å². The molecule has 0 aliphatic heterocycles. The van der Waals surface area contributed by atoms with Crippen molar-refractivity contribution in [2.75, 3.05) is 0 Å². The maximum Gasteiger partial charge on any atom is 0.514 e. The van der Waals surface area contributed by atoms with Gasteiger partial charge in [-0.15, -0.1) is 0 Å². The molecule has 0 aliphatic carbocycles. The van der Waals surface area contributed by atoms with Crippen molar-refractivity contribution in [3.05, 3.63) is 23.8 Å². The number of ether oxygens (including phenoxy) is 7. The molecule has 0 saturated heterocycles. The molecule has 0 spiro atoms. The lowest BCUT2D eigenvalue weighted by molar-refractivity contribution is -0.156. The SMILES string of the molecule is CCC(C)(C)OC(=O)Oc1ccc(C[C@H](N)C(=O)O[C@@H](C)[C@H](C)OC(=O)OC(C)(C)CC)cc1OC(=O)OC(C)(C)CC. The number of nitrogens with two attached hydrogens (primary N) is 1. The van der Waals surface area contributed by atoms with Gasteiger partial charge in [0.05, 0.1) is 0 Å². The predicted octanol–water partition coefficient (Wildman–Crippen LogP) is 6.63. The summed E-state index contributed by atoms with van der Waals surface area (Å²) >= 11 is 0. The molecule has 0 amide bonds. The van der Waals surface area contributed by atoms with Gasteiger partial charge in [0.2, 0.25) is 0 Å². The lowest BCUT2D eigenvalue weighted by atomic mass is 10.1. The van der Waals surface area contributed by atoms with E-state index in [0.717, 1.165) is 0 Å². The zero-order valence-electron chi connectivity index (χ0n) is 27.4. The maximum absolute atomic E-state index is 12.7. The van der Waals surface area contributed by atoms with Crippen LogP contribution >= 0.6 is 0 Å². The van der Waals surface area contributed by atoms with Crippen molar-refractivity contribution in [1.82, 2.24) is 0 Å². The first-order chi connectivity index (χ1) is 19.7. The largest absolute Gasteiger partial charge is 0.514 e. The topological polar surface area (TPSA) is 159 Å². The van der Waals surface area contributed by atoms with Gasteiger partial charge in [0.25, 0.3) is 0 Å². The Kier molecular flexibility index (Phi) is 13.8. The molecule has 0 fully saturated rings. The number of hydrogen-bond donors (Lipinski definition) is 1. The van der Waals surface area contributed by atoms with Gasteiger partial charge in [0.15, 0.2) is 11.5 Å². The van der Waals surface area contributed by atoms with Crippen LogP contribution in [-0.2, 0) is 34.9 Å². The molecular formula is C31H49NO11. The highest BCUT2D eigenvalue weighted by Gasteiger charge is 2.29. The molecule has 12 heteroatoms. The average Bonchev–Trinajstić information content (AvgIpc) is 2.88. The zero-order chi connectivity index (χ0) is 33.2. The van der Waals surface area contributed by atoms with Gasteiger partial charge in [-0.3, -0.25) is 4.79 Å². The molecule has 0 saturated carbocycles. The van der Waals surface area contributed by atoms with Gasteiger partial charge in [-0.05, 0) is 98.8 Å². The molecule has 0 aliphatic rings. The fourth-order valence-electron chi connectivity index (χ4n) is 2.93. The first-order valence-corrected chi connectivity index (χ1v) is 14.5. The van der Waals surface area contributed by atoms with Crippen molar-refractivity contribution in [2.45, 2.75) is 137 Å². The molecule has 3 atom stereocenters. The fraction of sp³-hybridized carbons (Fsp3) is 0.677. The van der Waals surface area contributed by atoms with E-state index < -0.39 is 59.5 Å². The van der Waals surface area contributed by atoms with E-state index in [1.54, 1.807) is 61.5 Å². The van der Waals surface area contributed by atoms with Crippen LogP contribution in [-0.4, -0.2) is 59.5 Å². The maximum atomic E-state index is 12.7. The van der Waals surface area contributed by atoms with E-state index in [4.69, 9.17) is 38.9 Å². The number of esters is 1. The van der Waals surface area contributed by atoms with Crippen LogP contribution < -0.4 is 15.2 Å². The Morgan fingerprint density at radius 2 is 1.09 bits per heavy atom. The summed E-state index contributed by atoms with van der Waals surface area (Å²) in [5.74, 6) is -0.978. The Bertz CT molecular complexity index is 1110. The second kappa shape index (κ2) is 15.8. The summed E-state index contributed by atoms with van der Waals surface area (Å²) in [5.41, 5.74) is 4.31. The molecule has 43 heavy (non-hydrogen) atoms. The Labute approximate surface area is 254 Å². The average molecular weight is 612 g/mol. The molecular weight excluding hydrogens is 562 g/mol. The van der Waals surface area contributed by atoms with E-state index in [-0.39, 0.29) is 17.9 Å². The second-order valence-electron chi connectivity index (χ2n) is 12.2. The van der Waals surface area contributed by atoms with Crippen LogP contribution in [0, 0.1) is 0 Å². The van der Waals surface area contributed by atoms with Crippen LogP contribution in [0.5, 0.6) is 11.5 Å². The summed E-state index contributed by atoms with van der Waals surface area (Å²) in [4.78, 5) is 49.8. The van der Waals surface area contributed by atoms with Gasteiger partial charge in [0.1, 0.15) is 35.1 Å². The molecule has 0 radical (unpaired) electrons. The molecule has 0 aromatic heterocycles. The van der Waals surface area contributed by atoms with Gasteiger partial charge < -0.3 is 38.9 Å². The lowest BCUT2D eigenvalue weighted by Crippen LogP contribution is -2.40. The number of carbonyl (C=O) groups excluding carboxylic acids is 4. The third-order valence-electron chi connectivity index (χ3n) is 7.03. The van der Waals surface area contributed by atoms with Crippen molar-refractivity contribution in [2.24, 2.45) is 5.73 Å². The third kappa shape index (κ3) is 13.5. The van der Waals surface area contributed by atoms with Crippen LogP contribution in [0.15, 0.2) is 18.2 Å². The molecule has 0 bridgehead atoms. The molecule has 1 rings (SSSR count). The van der Waals surface area contributed by atoms with E-state index >= 15 is 0 Å². The first kappa shape index (κ1) is 37.5. The van der Waals surface area contributed by atoms with Gasteiger partial charge in [0, 0.05) is 0 Å². The smallest absolute Gasteiger partial charge is 0.458 e. The number of rotatable bonds is 14. The van der Waals surface area contributed by atoms with Gasteiger partial charge in [-0.2, -0.15) is 0 Å². The third-order valence-corrected chi connectivity index (χ3v) is 7.03. The number of hydrogen-bond acceptors (Lipinski definition) is 12. The molecule has 12 nitrogen and oxygen atoms in total.